The Kier molecular flexibility index (Phi) is 13.7. The molecule has 6 nitrogen and oxygen atoms in total. The molecule has 0 aromatic heterocycles. The summed E-state index contributed by atoms with van der Waals surface area (Å²) in [6.45, 7) is 7.91. The molecule has 0 heterocycles. The highest BCUT2D eigenvalue weighted by atomic mass is 127. The monoisotopic (exact) mass is 543 g/mol. The summed E-state index contributed by atoms with van der Waals surface area (Å²) in [5, 5.41) is 15.7. The van der Waals surface area contributed by atoms with Gasteiger partial charge in [0, 0.05) is 26.0 Å². The second kappa shape index (κ2) is 14.1. The summed E-state index contributed by atoms with van der Waals surface area (Å²) in [6.07, 6.45) is 2.87. The van der Waals surface area contributed by atoms with Gasteiger partial charge in [0.25, 0.3) is 0 Å². The fraction of sp³-hybridized carbons (Fsp3) is 0.650. The lowest BCUT2D eigenvalue weighted by atomic mass is 9.94. The zero-order valence-electron chi connectivity index (χ0n) is 17.7. The van der Waals surface area contributed by atoms with Crippen molar-refractivity contribution in [3.05, 3.63) is 35.1 Å². The molecule has 0 amide bonds. The van der Waals surface area contributed by atoms with E-state index in [2.05, 4.69) is 29.5 Å². The first-order valence-corrected chi connectivity index (χ1v) is 11.8. The Hall–Kier alpha value is -0.940. The standard InChI is InChI=1S/C20H34FN3O3S.HI/c1-5-22-20(23-12-16(8-9-25)10-15(2)3)24-13-18-11-19(21)7-6-17(18)14-28(4,26)27;/h6-7,11,15-16,25H,5,8-10,12-14H2,1-4H3,(H2,22,23,24);1H. The number of hydrogen-bond donors (Lipinski definition) is 3. The van der Waals surface area contributed by atoms with Gasteiger partial charge in [0.2, 0.25) is 0 Å². The molecule has 29 heavy (non-hydrogen) atoms. The van der Waals surface area contributed by atoms with E-state index in [9.17, 15) is 17.9 Å². The number of hydrogen-bond acceptors (Lipinski definition) is 4. The molecule has 1 aromatic carbocycles. The minimum absolute atomic E-state index is 0. The van der Waals surface area contributed by atoms with Gasteiger partial charge in [-0.05, 0) is 54.9 Å². The Morgan fingerprint density at radius 3 is 2.48 bits per heavy atom. The van der Waals surface area contributed by atoms with Crippen LogP contribution >= 0.6 is 24.0 Å². The van der Waals surface area contributed by atoms with Gasteiger partial charge < -0.3 is 15.7 Å². The van der Waals surface area contributed by atoms with Crippen LogP contribution in [0.4, 0.5) is 4.39 Å². The number of sulfone groups is 1. The van der Waals surface area contributed by atoms with Crippen molar-refractivity contribution < 1.29 is 17.9 Å². The summed E-state index contributed by atoms with van der Waals surface area (Å²) in [5.74, 6) is 0.881. The van der Waals surface area contributed by atoms with Gasteiger partial charge in [0.05, 0.1) is 12.3 Å². The van der Waals surface area contributed by atoms with E-state index in [0.29, 0.717) is 48.4 Å². The molecule has 0 aliphatic heterocycles. The first-order chi connectivity index (χ1) is 13.1. The molecule has 0 fully saturated rings. The lowest BCUT2D eigenvalue weighted by Gasteiger charge is -2.20. The SMILES string of the molecule is CCNC(=NCc1cc(F)ccc1CS(C)(=O)=O)NCC(CCO)CC(C)C.I. The van der Waals surface area contributed by atoms with Gasteiger partial charge in [-0.3, -0.25) is 0 Å². The second-order valence-corrected chi connectivity index (χ2v) is 9.71. The largest absolute Gasteiger partial charge is 0.396 e. The quantitative estimate of drug-likeness (QED) is 0.227. The van der Waals surface area contributed by atoms with Gasteiger partial charge >= 0.3 is 0 Å². The highest BCUT2D eigenvalue weighted by Crippen LogP contribution is 2.16. The summed E-state index contributed by atoms with van der Waals surface area (Å²) in [4.78, 5) is 4.50. The van der Waals surface area contributed by atoms with Gasteiger partial charge in [0.1, 0.15) is 5.82 Å². The van der Waals surface area contributed by atoms with E-state index < -0.39 is 15.7 Å². The molecular weight excluding hydrogens is 508 g/mol. The lowest BCUT2D eigenvalue weighted by Crippen LogP contribution is -2.40. The highest BCUT2D eigenvalue weighted by Gasteiger charge is 2.13. The minimum atomic E-state index is -3.23. The molecular formula is C20H35FIN3O3S. The Morgan fingerprint density at radius 2 is 1.93 bits per heavy atom. The van der Waals surface area contributed by atoms with Gasteiger partial charge in [-0.15, -0.1) is 24.0 Å². The van der Waals surface area contributed by atoms with Crippen LogP contribution in [-0.2, 0) is 22.1 Å². The van der Waals surface area contributed by atoms with Crippen molar-refractivity contribution in [3.63, 3.8) is 0 Å². The third kappa shape index (κ3) is 12.4. The maximum absolute atomic E-state index is 13.7. The maximum atomic E-state index is 13.7. The molecule has 0 radical (unpaired) electrons. The molecule has 1 aromatic rings. The molecule has 0 bridgehead atoms. The summed E-state index contributed by atoms with van der Waals surface area (Å²) in [7, 11) is -3.23. The zero-order chi connectivity index (χ0) is 21.2. The molecule has 168 valence electrons. The second-order valence-electron chi connectivity index (χ2n) is 7.57. The van der Waals surface area contributed by atoms with Crippen LogP contribution in [-0.4, -0.2) is 45.4 Å². The van der Waals surface area contributed by atoms with Crippen molar-refractivity contribution in [2.75, 3.05) is 26.0 Å². The van der Waals surface area contributed by atoms with Crippen molar-refractivity contribution in [1.82, 2.24) is 10.6 Å². The first kappa shape index (κ1) is 28.1. The minimum Gasteiger partial charge on any atom is -0.396 e. The van der Waals surface area contributed by atoms with Crippen molar-refractivity contribution in [2.24, 2.45) is 16.8 Å². The van der Waals surface area contributed by atoms with Crippen molar-refractivity contribution in [1.29, 1.82) is 0 Å². The van der Waals surface area contributed by atoms with Crippen LogP contribution in [0.5, 0.6) is 0 Å². The number of aliphatic hydroxyl groups excluding tert-OH is 1. The van der Waals surface area contributed by atoms with E-state index in [1.54, 1.807) is 0 Å². The van der Waals surface area contributed by atoms with E-state index in [1.807, 2.05) is 6.92 Å². The number of halogens is 2. The molecule has 0 saturated carbocycles. The van der Waals surface area contributed by atoms with Crippen LogP contribution in [0.3, 0.4) is 0 Å². The van der Waals surface area contributed by atoms with Crippen LogP contribution in [0.2, 0.25) is 0 Å². The van der Waals surface area contributed by atoms with E-state index in [1.165, 1.54) is 18.2 Å². The number of nitrogens with zero attached hydrogens (tertiary/aromatic N) is 1. The molecule has 9 heteroatoms. The first-order valence-electron chi connectivity index (χ1n) is 9.72. The van der Waals surface area contributed by atoms with Crippen molar-refractivity contribution in [2.45, 2.75) is 45.9 Å². The maximum Gasteiger partial charge on any atom is 0.191 e. The molecule has 3 N–H and O–H groups in total. The van der Waals surface area contributed by atoms with Gasteiger partial charge in [0.15, 0.2) is 15.8 Å². The summed E-state index contributed by atoms with van der Waals surface area (Å²) in [6, 6.07) is 4.10. The average Bonchev–Trinajstić information content (AvgIpc) is 2.58. The predicted octanol–water partition coefficient (Wildman–Crippen LogP) is 3.09. The van der Waals surface area contributed by atoms with E-state index in [0.717, 1.165) is 12.7 Å². The summed E-state index contributed by atoms with van der Waals surface area (Å²) >= 11 is 0. The molecule has 1 unspecified atom stereocenters. The number of rotatable bonds is 11. The number of nitrogens with one attached hydrogen (secondary N) is 2. The molecule has 0 aliphatic rings. The van der Waals surface area contributed by atoms with E-state index in [4.69, 9.17) is 0 Å². The molecule has 1 atom stereocenters. The average molecular weight is 543 g/mol. The number of benzene rings is 1. The fourth-order valence-electron chi connectivity index (χ4n) is 3.06. The Labute approximate surface area is 191 Å². The van der Waals surface area contributed by atoms with Gasteiger partial charge in [-0.25, -0.2) is 17.8 Å². The number of guanidine groups is 1. The fourth-order valence-corrected chi connectivity index (χ4v) is 3.91. The topological polar surface area (TPSA) is 90.8 Å². The third-order valence-corrected chi connectivity index (χ3v) is 5.07. The highest BCUT2D eigenvalue weighted by molar-refractivity contribution is 14.0. The third-order valence-electron chi connectivity index (χ3n) is 4.24. The summed E-state index contributed by atoms with van der Waals surface area (Å²) < 4.78 is 36.9. The number of aliphatic imine (C=N–C) groups is 1. The van der Waals surface area contributed by atoms with Crippen molar-refractivity contribution >= 4 is 39.8 Å². The predicted molar refractivity (Wildman–Crippen MR) is 128 cm³/mol. The van der Waals surface area contributed by atoms with Crippen LogP contribution in [0.1, 0.15) is 44.7 Å². The lowest BCUT2D eigenvalue weighted by molar-refractivity contribution is 0.243. The Balaban J connectivity index is 0.00000784. The normalized spacial score (nSPS) is 13.1. The van der Waals surface area contributed by atoms with Crippen molar-refractivity contribution in [3.8, 4) is 0 Å². The molecule has 0 saturated heterocycles. The van der Waals surface area contributed by atoms with Gasteiger partial charge in [-0.2, -0.15) is 0 Å². The summed E-state index contributed by atoms with van der Waals surface area (Å²) in [5.41, 5.74) is 1.11. The molecule has 1 rings (SSSR count). The van der Waals surface area contributed by atoms with Crippen LogP contribution in [0.15, 0.2) is 23.2 Å². The van der Waals surface area contributed by atoms with Crippen LogP contribution in [0.25, 0.3) is 0 Å². The smallest absolute Gasteiger partial charge is 0.191 e. The van der Waals surface area contributed by atoms with Crippen LogP contribution in [0, 0.1) is 17.7 Å². The zero-order valence-corrected chi connectivity index (χ0v) is 20.9. The van der Waals surface area contributed by atoms with E-state index in [-0.39, 0.29) is 42.9 Å². The van der Waals surface area contributed by atoms with Gasteiger partial charge in [-0.1, -0.05) is 19.9 Å². The Bertz CT molecular complexity index is 742. The van der Waals surface area contributed by atoms with E-state index >= 15 is 0 Å². The van der Waals surface area contributed by atoms with Crippen LogP contribution < -0.4 is 10.6 Å². The molecule has 0 spiro atoms. The number of aliphatic hydroxyl groups is 1. The Morgan fingerprint density at radius 1 is 1.24 bits per heavy atom. The molecule has 0 aliphatic carbocycles.